The smallest absolute Gasteiger partial charge is 0.0362 e. The van der Waals surface area contributed by atoms with Crippen molar-refractivity contribution in [3.8, 4) is 0 Å². The zero-order valence-corrected chi connectivity index (χ0v) is 13.0. The predicted octanol–water partition coefficient (Wildman–Crippen LogP) is 4.38. The zero-order valence-electron chi connectivity index (χ0n) is 13.0. The number of nitrogens with two attached hydrogens (primary N) is 1. The Hall–Kier alpha value is -1.02. The number of hydrogen-bond donors (Lipinski definition) is 1. The molecule has 1 aliphatic heterocycles. The van der Waals surface area contributed by atoms with Crippen molar-refractivity contribution in [1.82, 2.24) is 4.90 Å². The Kier molecular flexibility index (Phi) is 6.38. The zero-order chi connectivity index (χ0) is 14.2. The van der Waals surface area contributed by atoms with Crippen molar-refractivity contribution in [3.05, 3.63) is 29.3 Å². The monoisotopic (exact) mass is 274 g/mol. The largest absolute Gasteiger partial charge is 0.398 e. The van der Waals surface area contributed by atoms with Crippen LogP contribution in [0, 0.1) is 0 Å². The van der Waals surface area contributed by atoms with Crippen LogP contribution in [0.25, 0.3) is 0 Å². The predicted molar refractivity (Wildman–Crippen MR) is 87.8 cm³/mol. The lowest BCUT2D eigenvalue weighted by molar-refractivity contribution is 0.248. The van der Waals surface area contributed by atoms with E-state index in [0.717, 1.165) is 18.7 Å². The molecule has 2 nitrogen and oxygen atoms in total. The molecule has 0 amide bonds. The fourth-order valence-corrected chi connectivity index (χ4v) is 3.15. The van der Waals surface area contributed by atoms with Crippen LogP contribution in [0.4, 0.5) is 5.69 Å². The molecule has 0 spiro atoms. The molecule has 0 aromatic heterocycles. The molecule has 0 atom stereocenters. The maximum Gasteiger partial charge on any atom is 0.0362 e. The topological polar surface area (TPSA) is 29.3 Å². The summed E-state index contributed by atoms with van der Waals surface area (Å²) in [5, 5.41) is 0. The van der Waals surface area contributed by atoms with E-state index in [9.17, 15) is 0 Å². The van der Waals surface area contributed by atoms with Crippen LogP contribution in [0.15, 0.2) is 18.2 Å². The van der Waals surface area contributed by atoms with Crippen molar-refractivity contribution in [1.29, 1.82) is 0 Å². The standard InChI is InChI=1S/C18H30N2/c1-2-3-4-5-6-7-8-13-20-14-12-16-10-9-11-18(19)17(16)15-20/h9-11H,2-8,12-15,19H2,1H3. The molecular weight excluding hydrogens is 244 g/mol. The summed E-state index contributed by atoms with van der Waals surface area (Å²) < 4.78 is 0. The molecule has 20 heavy (non-hydrogen) atoms. The minimum absolute atomic E-state index is 0.978. The normalized spacial score (nSPS) is 15.2. The number of hydrogen-bond acceptors (Lipinski definition) is 2. The number of fused-ring (bicyclic) bond motifs is 1. The maximum atomic E-state index is 6.10. The number of nitrogens with zero attached hydrogens (tertiary/aromatic N) is 1. The van der Waals surface area contributed by atoms with E-state index in [1.54, 1.807) is 0 Å². The lowest BCUT2D eigenvalue weighted by atomic mass is 9.98. The highest BCUT2D eigenvalue weighted by atomic mass is 15.1. The summed E-state index contributed by atoms with van der Waals surface area (Å²) in [6, 6.07) is 6.35. The van der Waals surface area contributed by atoms with Crippen LogP contribution < -0.4 is 5.73 Å². The van der Waals surface area contributed by atoms with E-state index in [1.807, 2.05) is 6.07 Å². The third kappa shape index (κ3) is 4.52. The first-order valence-corrected chi connectivity index (χ1v) is 8.40. The van der Waals surface area contributed by atoms with Gasteiger partial charge in [0, 0.05) is 18.8 Å². The number of benzene rings is 1. The van der Waals surface area contributed by atoms with Gasteiger partial charge in [-0.15, -0.1) is 0 Å². The number of unbranched alkanes of at least 4 members (excludes halogenated alkanes) is 6. The molecule has 2 heteroatoms. The van der Waals surface area contributed by atoms with Crippen molar-refractivity contribution in [2.75, 3.05) is 18.8 Å². The van der Waals surface area contributed by atoms with E-state index in [4.69, 9.17) is 5.73 Å². The second-order valence-corrected chi connectivity index (χ2v) is 6.13. The van der Waals surface area contributed by atoms with E-state index < -0.39 is 0 Å². The molecule has 0 saturated heterocycles. The van der Waals surface area contributed by atoms with E-state index in [1.165, 1.54) is 69.2 Å². The van der Waals surface area contributed by atoms with Gasteiger partial charge in [0.2, 0.25) is 0 Å². The molecular formula is C18H30N2. The van der Waals surface area contributed by atoms with Gasteiger partial charge in [0.05, 0.1) is 0 Å². The lowest BCUT2D eigenvalue weighted by Crippen LogP contribution is -2.31. The van der Waals surface area contributed by atoms with E-state index >= 15 is 0 Å². The SMILES string of the molecule is CCCCCCCCCN1CCc2cccc(N)c2C1. The molecule has 1 aromatic rings. The van der Waals surface area contributed by atoms with Crippen LogP contribution in [-0.4, -0.2) is 18.0 Å². The second kappa shape index (κ2) is 8.31. The molecule has 1 aromatic carbocycles. The highest BCUT2D eigenvalue weighted by Gasteiger charge is 2.17. The minimum atomic E-state index is 0.978. The Morgan fingerprint density at radius 2 is 1.80 bits per heavy atom. The van der Waals surface area contributed by atoms with Gasteiger partial charge in [0.1, 0.15) is 0 Å². The van der Waals surface area contributed by atoms with Crippen molar-refractivity contribution in [2.24, 2.45) is 0 Å². The summed E-state index contributed by atoms with van der Waals surface area (Å²) in [7, 11) is 0. The Balaban J connectivity index is 1.65. The third-order valence-electron chi connectivity index (χ3n) is 4.47. The number of nitrogen functional groups attached to an aromatic ring is 1. The Bertz CT molecular complexity index is 400. The molecule has 0 radical (unpaired) electrons. The fourth-order valence-electron chi connectivity index (χ4n) is 3.15. The highest BCUT2D eigenvalue weighted by Crippen LogP contribution is 2.24. The first kappa shape index (κ1) is 15.4. The second-order valence-electron chi connectivity index (χ2n) is 6.13. The summed E-state index contributed by atoms with van der Waals surface area (Å²) in [6.07, 6.45) is 10.9. The molecule has 2 N–H and O–H groups in total. The highest BCUT2D eigenvalue weighted by molar-refractivity contribution is 5.51. The van der Waals surface area contributed by atoms with Gasteiger partial charge >= 0.3 is 0 Å². The Labute approximate surface area is 124 Å². The van der Waals surface area contributed by atoms with Gasteiger partial charge in [-0.3, -0.25) is 4.90 Å². The van der Waals surface area contributed by atoms with E-state index in [-0.39, 0.29) is 0 Å². The molecule has 2 rings (SSSR count). The van der Waals surface area contributed by atoms with Gasteiger partial charge in [0.25, 0.3) is 0 Å². The number of rotatable bonds is 8. The first-order valence-electron chi connectivity index (χ1n) is 8.40. The van der Waals surface area contributed by atoms with Crippen LogP contribution in [0.5, 0.6) is 0 Å². The maximum absolute atomic E-state index is 6.10. The summed E-state index contributed by atoms with van der Waals surface area (Å²) in [5.74, 6) is 0. The molecule has 0 aliphatic carbocycles. The minimum Gasteiger partial charge on any atom is -0.398 e. The molecule has 1 heterocycles. The molecule has 1 aliphatic rings. The van der Waals surface area contributed by atoms with Crippen molar-refractivity contribution in [3.63, 3.8) is 0 Å². The summed E-state index contributed by atoms with van der Waals surface area (Å²) >= 11 is 0. The Morgan fingerprint density at radius 1 is 1.05 bits per heavy atom. The van der Waals surface area contributed by atoms with Crippen molar-refractivity contribution < 1.29 is 0 Å². The van der Waals surface area contributed by atoms with Crippen molar-refractivity contribution in [2.45, 2.75) is 64.8 Å². The Morgan fingerprint density at radius 3 is 2.60 bits per heavy atom. The van der Waals surface area contributed by atoms with Crippen LogP contribution in [-0.2, 0) is 13.0 Å². The third-order valence-corrected chi connectivity index (χ3v) is 4.47. The van der Waals surface area contributed by atoms with Gasteiger partial charge in [-0.2, -0.15) is 0 Å². The molecule has 112 valence electrons. The quantitative estimate of drug-likeness (QED) is 0.563. The molecule has 0 saturated carbocycles. The van der Waals surface area contributed by atoms with Gasteiger partial charge < -0.3 is 5.73 Å². The van der Waals surface area contributed by atoms with Gasteiger partial charge in [0.15, 0.2) is 0 Å². The molecule has 0 unspecified atom stereocenters. The molecule has 0 bridgehead atoms. The summed E-state index contributed by atoms with van der Waals surface area (Å²) in [5.41, 5.74) is 9.91. The average Bonchev–Trinajstić information content (AvgIpc) is 2.47. The van der Waals surface area contributed by atoms with Crippen molar-refractivity contribution >= 4 is 5.69 Å². The molecule has 0 fully saturated rings. The average molecular weight is 274 g/mol. The summed E-state index contributed by atoms with van der Waals surface area (Å²) in [6.45, 7) is 5.77. The van der Waals surface area contributed by atoms with Crippen LogP contribution in [0.2, 0.25) is 0 Å². The summed E-state index contributed by atoms with van der Waals surface area (Å²) in [4.78, 5) is 2.57. The van der Waals surface area contributed by atoms with Gasteiger partial charge in [-0.25, -0.2) is 0 Å². The fraction of sp³-hybridized carbons (Fsp3) is 0.667. The van der Waals surface area contributed by atoms with E-state index in [0.29, 0.717) is 0 Å². The van der Waals surface area contributed by atoms with Crippen LogP contribution in [0.3, 0.4) is 0 Å². The van der Waals surface area contributed by atoms with Gasteiger partial charge in [-0.05, 0) is 36.6 Å². The lowest BCUT2D eigenvalue weighted by Gasteiger charge is -2.29. The van der Waals surface area contributed by atoms with Crippen LogP contribution >= 0.6 is 0 Å². The first-order chi connectivity index (χ1) is 9.81. The number of anilines is 1. The van der Waals surface area contributed by atoms with Crippen LogP contribution in [0.1, 0.15) is 63.0 Å². The van der Waals surface area contributed by atoms with E-state index in [2.05, 4.69) is 24.0 Å². The van der Waals surface area contributed by atoms with Gasteiger partial charge in [-0.1, -0.05) is 57.6 Å².